The Hall–Kier alpha value is -2.01. The summed E-state index contributed by atoms with van der Waals surface area (Å²) >= 11 is 0. The van der Waals surface area contributed by atoms with Gasteiger partial charge < -0.3 is 10.6 Å². The molecule has 0 spiro atoms. The molecule has 0 radical (unpaired) electrons. The zero-order valence-electron chi connectivity index (χ0n) is 10.0. The lowest BCUT2D eigenvalue weighted by molar-refractivity contribution is 0.732. The minimum atomic E-state index is 0.497. The van der Waals surface area contributed by atoms with E-state index in [2.05, 4.69) is 25.6 Å². The van der Waals surface area contributed by atoms with Gasteiger partial charge in [0.25, 0.3) is 0 Å². The summed E-state index contributed by atoms with van der Waals surface area (Å²) in [6.07, 6.45) is 4.68. The van der Waals surface area contributed by atoms with E-state index in [9.17, 15) is 0 Å². The van der Waals surface area contributed by atoms with E-state index < -0.39 is 0 Å². The number of anilines is 2. The minimum Gasteiger partial charge on any atom is -0.316 e. The molecule has 2 aromatic rings. The summed E-state index contributed by atoms with van der Waals surface area (Å²) in [5, 5.41) is 6.46. The minimum absolute atomic E-state index is 0.497. The van der Waals surface area contributed by atoms with Gasteiger partial charge >= 0.3 is 0 Å². The molecule has 1 atom stereocenters. The lowest BCUT2D eigenvalue weighted by Crippen LogP contribution is -2.10. The van der Waals surface area contributed by atoms with Crippen molar-refractivity contribution in [2.75, 3.05) is 18.4 Å². The molecule has 1 unspecified atom stereocenters. The number of hydrogen-bond acceptors (Lipinski definition) is 5. The van der Waals surface area contributed by atoms with E-state index in [1.165, 1.54) is 0 Å². The van der Waals surface area contributed by atoms with Gasteiger partial charge in [0.2, 0.25) is 5.95 Å². The molecular weight excluding hydrogens is 226 g/mol. The van der Waals surface area contributed by atoms with Crippen molar-refractivity contribution < 1.29 is 0 Å². The fraction of sp³-hybridized carbons (Fsp3) is 0.308. The van der Waals surface area contributed by atoms with Crippen LogP contribution in [0.5, 0.6) is 0 Å². The molecule has 1 aliphatic heterocycles. The highest BCUT2D eigenvalue weighted by atomic mass is 15.1. The van der Waals surface area contributed by atoms with Gasteiger partial charge in [-0.15, -0.1) is 0 Å². The first kappa shape index (κ1) is 11.1. The molecule has 5 heteroatoms. The van der Waals surface area contributed by atoms with E-state index in [0.717, 1.165) is 31.0 Å². The van der Waals surface area contributed by atoms with E-state index in [-0.39, 0.29) is 0 Å². The van der Waals surface area contributed by atoms with Crippen LogP contribution in [0.2, 0.25) is 0 Å². The number of hydrogen-bond donors (Lipinski definition) is 2. The summed E-state index contributed by atoms with van der Waals surface area (Å²) in [4.78, 5) is 13.0. The zero-order chi connectivity index (χ0) is 12.2. The maximum Gasteiger partial charge on any atom is 0.228 e. The van der Waals surface area contributed by atoms with Crippen LogP contribution in [0.1, 0.15) is 18.0 Å². The first-order valence-corrected chi connectivity index (χ1v) is 6.13. The van der Waals surface area contributed by atoms with Crippen LogP contribution in [0.3, 0.4) is 0 Å². The Morgan fingerprint density at radius 1 is 1.17 bits per heavy atom. The van der Waals surface area contributed by atoms with E-state index >= 15 is 0 Å². The highest BCUT2D eigenvalue weighted by molar-refractivity contribution is 5.46. The van der Waals surface area contributed by atoms with E-state index in [4.69, 9.17) is 0 Å². The van der Waals surface area contributed by atoms with Gasteiger partial charge in [-0.25, -0.2) is 15.0 Å². The van der Waals surface area contributed by atoms with Crippen LogP contribution in [0.25, 0.3) is 0 Å². The summed E-state index contributed by atoms with van der Waals surface area (Å²) < 4.78 is 0. The summed E-state index contributed by atoms with van der Waals surface area (Å²) in [6, 6.07) is 7.70. The molecule has 92 valence electrons. The third-order valence-electron chi connectivity index (χ3n) is 3.06. The van der Waals surface area contributed by atoms with Crippen LogP contribution in [0.4, 0.5) is 11.8 Å². The maximum atomic E-state index is 4.55. The van der Waals surface area contributed by atoms with Gasteiger partial charge in [-0.3, -0.25) is 0 Å². The quantitative estimate of drug-likeness (QED) is 0.856. The van der Waals surface area contributed by atoms with Crippen molar-refractivity contribution in [2.45, 2.75) is 12.3 Å². The predicted octanol–water partition coefficient (Wildman–Crippen LogP) is 1.69. The van der Waals surface area contributed by atoms with Crippen molar-refractivity contribution in [3.63, 3.8) is 0 Å². The fourth-order valence-electron chi connectivity index (χ4n) is 2.12. The standard InChI is InChI=1S/C13H15N5/c1-2-6-15-12(3-1)18-13-16-8-5-11(17-13)10-4-7-14-9-10/h1-3,5-6,8,10,14H,4,7,9H2,(H,15,16,17,18). The zero-order valence-corrected chi connectivity index (χ0v) is 10.0. The first-order valence-electron chi connectivity index (χ1n) is 6.13. The summed E-state index contributed by atoms with van der Waals surface area (Å²) in [7, 11) is 0. The molecule has 0 bridgehead atoms. The number of nitrogens with zero attached hydrogens (tertiary/aromatic N) is 3. The van der Waals surface area contributed by atoms with Crippen LogP contribution < -0.4 is 10.6 Å². The normalized spacial score (nSPS) is 18.8. The Kier molecular flexibility index (Phi) is 3.14. The summed E-state index contributed by atoms with van der Waals surface area (Å²) in [5.74, 6) is 1.87. The van der Waals surface area contributed by atoms with Crippen molar-refractivity contribution in [1.29, 1.82) is 0 Å². The Morgan fingerprint density at radius 3 is 2.94 bits per heavy atom. The SMILES string of the molecule is c1ccc(Nc2nccc(C3CCNC3)n2)nc1. The molecule has 2 N–H and O–H groups in total. The Morgan fingerprint density at radius 2 is 2.17 bits per heavy atom. The van der Waals surface area contributed by atoms with Crippen LogP contribution in [0.15, 0.2) is 36.7 Å². The molecule has 0 saturated carbocycles. The van der Waals surface area contributed by atoms with Gasteiger partial charge in [0, 0.05) is 24.9 Å². The average molecular weight is 241 g/mol. The second kappa shape index (κ2) is 5.10. The van der Waals surface area contributed by atoms with E-state index in [1.807, 2.05) is 24.3 Å². The largest absolute Gasteiger partial charge is 0.316 e. The van der Waals surface area contributed by atoms with Crippen LogP contribution >= 0.6 is 0 Å². The lowest BCUT2D eigenvalue weighted by Gasteiger charge is -2.09. The van der Waals surface area contributed by atoms with Gasteiger partial charge in [0.15, 0.2) is 0 Å². The molecule has 3 rings (SSSR count). The van der Waals surface area contributed by atoms with Gasteiger partial charge in [-0.1, -0.05) is 6.07 Å². The van der Waals surface area contributed by atoms with Crippen molar-refractivity contribution in [1.82, 2.24) is 20.3 Å². The molecule has 5 nitrogen and oxygen atoms in total. The number of pyridine rings is 1. The Balaban J connectivity index is 1.78. The Labute approximate surface area is 106 Å². The van der Waals surface area contributed by atoms with Gasteiger partial charge in [0.05, 0.1) is 5.69 Å². The van der Waals surface area contributed by atoms with Crippen LogP contribution in [-0.2, 0) is 0 Å². The second-order valence-corrected chi connectivity index (χ2v) is 4.33. The average Bonchev–Trinajstić information content (AvgIpc) is 2.94. The number of nitrogens with one attached hydrogen (secondary N) is 2. The lowest BCUT2D eigenvalue weighted by atomic mass is 10.1. The number of aromatic nitrogens is 3. The third-order valence-corrected chi connectivity index (χ3v) is 3.06. The summed E-state index contributed by atoms with van der Waals surface area (Å²) in [6.45, 7) is 2.07. The molecule has 1 aliphatic rings. The maximum absolute atomic E-state index is 4.55. The molecule has 18 heavy (non-hydrogen) atoms. The van der Waals surface area contributed by atoms with Crippen molar-refractivity contribution in [3.05, 3.63) is 42.4 Å². The first-order chi connectivity index (χ1) is 8.92. The third kappa shape index (κ3) is 2.46. The molecule has 1 saturated heterocycles. The monoisotopic (exact) mass is 241 g/mol. The number of rotatable bonds is 3. The topological polar surface area (TPSA) is 62.7 Å². The predicted molar refractivity (Wildman–Crippen MR) is 69.8 cm³/mol. The second-order valence-electron chi connectivity index (χ2n) is 4.33. The fourth-order valence-corrected chi connectivity index (χ4v) is 2.12. The molecule has 1 fully saturated rings. The van der Waals surface area contributed by atoms with Gasteiger partial charge in [0.1, 0.15) is 5.82 Å². The van der Waals surface area contributed by atoms with Crippen molar-refractivity contribution in [3.8, 4) is 0 Å². The van der Waals surface area contributed by atoms with E-state index in [0.29, 0.717) is 11.9 Å². The molecule has 0 aliphatic carbocycles. The molecule has 2 aromatic heterocycles. The Bertz CT molecular complexity index is 508. The van der Waals surface area contributed by atoms with E-state index in [1.54, 1.807) is 12.4 Å². The molecule has 3 heterocycles. The van der Waals surface area contributed by atoms with Crippen LogP contribution in [0, 0.1) is 0 Å². The van der Waals surface area contributed by atoms with Crippen molar-refractivity contribution >= 4 is 11.8 Å². The van der Waals surface area contributed by atoms with Crippen molar-refractivity contribution in [2.24, 2.45) is 0 Å². The van der Waals surface area contributed by atoms with Gasteiger partial charge in [-0.05, 0) is 31.2 Å². The summed E-state index contributed by atoms with van der Waals surface area (Å²) in [5.41, 5.74) is 1.09. The highest BCUT2D eigenvalue weighted by Crippen LogP contribution is 2.21. The highest BCUT2D eigenvalue weighted by Gasteiger charge is 2.18. The smallest absolute Gasteiger partial charge is 0.228 e. The van der Waals surface area contributed by atoms with Crippen LogP contribution in [-0.4, -0.2) is 28.0 Å². The molecule has 0 amide bonds. The molecular formula is C13H15N5. The molecule has 0 aromatic carbocycles. The van der Waals surface area contributed by atoms with Gasteiger partial charge in [-0.2, -0.15) is 0 Å².